The number of carboxylic acids is 1. The molecule has 2 N–H and O–H groups in total. The molecule has 1 aromatic heterocycles. The van der Waals surface area contributed by atoms with Crippen molar-refractivity contribution in [3.8, 4) is 16.3 Å². The maximum absolute atomic E-state index is 11.0. The van der Waals surface area contributed by atoms with E-state index in [1.165, 1.54) is 11.3 Å². The van der Waals surface area contributed by atoms with Crippen molar-refractivity contribution in [3.05, 3.63) is 53.6 Å². The standard InChI is InChI=1S/C18H17N3O3S.ClH/c1-11-4-9-15(24-3)14(10-11)19-18-20-21(2)16(25-18)12-5-7-13(8-6-12)17(22)23;/h4-10H,1-3H3,(H-,19,20,22,23);1H. The minimum Gasteiger partial charge on any atom is -1.00 e. The Morgan fingerprint density at radius 1 is 1.23 bits per heavy atom. The van der Waals surface area contributed by atoms with Gasteiger partial charge in [0.15, 0.2) is 7.05 Å². The first-order valence-electron chi connectivity index (χ1n) is 7.60. The number of hydrogen-bond acceptors (Lipinski definition) is 5. The summed E-state index contributed by atoms with van der Waals surface area (Å²) < 4.78 is 7.15. The van der Waals surface area contributed by atoms with Crippen molar-refractivity contribution >= 4 is 28.1 Å². The molecule has 0 spiro atoms. The fourth-order valence-corrected chi connectivity index (χ4v) is 3.38. The Hall–Kier alpha value is -2.64. The zero-order valence-electron chi connectivity index (χ0n) is 14.5. The van der Waals surface area contributed by atoms with E-state index in [0.717, 1.165) is 32.7 Å². The Bertz CT molecular complexity index is 926. The van der Waals surface area contributed by atoms with E-state index in [9.17, 15) is 4.79 Å². The van der Waals surface area contributed by atoms with E-state index in [4.69, 9.17) is 9.84 Å². The van der Waals surface area contributed by atoms with Gasteiger partial charge in [0.25, 0.3) is 10.1 Å². The molecular weight excluding hydrogens is 374 g/mol. The van der Waals surface area contributed by atoms with Gasteiger partial charge in [0.05, 0.1) is 23.9 Å². The SMILES string of the molecule is COc1ccc(C)cc1Nc1n[n+](C)c(-c2ccc(C(=O)O)cc2)s1.[Cl-]. The number of nitrogens with one attached hydrogen (secondary N) is 1. The van der Waals surface area contributed by atoms with Crippen LogP contribution in [0.2, 0.25) is 0 Å². The van der Waals surface area contributed by atoms with E-state index < -0.39 is 5.97 Å². The quantitative estimate of drug-likeness (QED) is 0.616. The molecule has 1 heterocycles. The summed E-state index contributed by atoms with van der Waals surface area (Å²) in [7, 11) is 3.49. The molecule has 0 aliphatic rings. The number of aromatic nitrogens is 2. The molecule has 0 bridgehead atoms. The molecule has 0 unspecified atom stereocenters. The molecule has 2 aromatic carbocycles. The molecule has 0 atom stereocenters. The van der Waals surface area contributed by atoms with Crippen LogP contribution in [0.4, 0.5) is 10.8 Å². The zero-order valence-corrected chi connectivity index (χ0v) is 16.1. The Kier molecular flexibility index (Phi) is 6.18. The third-order valence-electron chi connectivity index (χ3n) is 3.70. The minimum absolute atomic E-state index is 0. The summed E-state index contributed by atoms with van der Waals surface area (Å²) in [4.78, 5) is 11.0. The minimum atomic E-state index is -0.936. The number of methoxy groups -OCH3 is 1. The number of hydrogen-bond donors (Lipinski definition) is 2. The first-order valence-corrected chi connectivity index (χ1v) is 8.42. The van der Waals surface area contributed by atoms with Gasteiger partial charge in [-0.15, -0.1) is 0 Å². The zero-order chi connectivity index (χ0) is 18.0. The number of nitrogens with zero attached hydrogens (tertiary/aromatic N) is 2. The lowest BCUT2D eigenvalue weighted by Gasteiger charge is -2.08. The van der Waals surface area contributed by atoms with Crippen molar-refractivity contribution in [1.82, 2.24) is 5.10 Å². The second-order valence-corrected chi connectivity index (χ2v) is 6.52. The third-order valence-corrected chi connectivity index (χ3v) is 4.77. The van der Waals surface area contributed by atoms with Crippen LogP contribution in [0.1, 0.15) is 15.9 Å². The number of aryl methyl sites for hydroxylation is 2. The molecule has 8 heteroatoms. The summed E-state index contributed by atoms with van der Waals surface area (Å²) in [6.07, 6.45) is 0. The Morgan fingerprint density at radius 3 is 2.54 bits per heavy atom. The van der Waals surface area contributed by atoms with Gasteiger partial charge in [-0.3, -0.25) is 0 Å². The van der Waals surface area contributed by atoms with Crippen molar-refractivity contribution in [2.45, 2.75) is 6.92 Å². The maximum atomic E-state index is 11.0. The van der Waals surface area contributed by atoms with Gasteiger partial charge < -0.3 is 27.6 Å². The number of carboxylic acid groups (broad SMARTS) is 1. The summed E-state index contributed by atoms with van der Waals surface area (Å²) in [6, 6.07) is 12.7. The summed E-state index contributed by atoms with van der Waals surface area (Å²) in [5.41, 5.74) is 3.14. The number of rotatable bonds is 5. The molecule has 0 radical (unpaired) electrons. The lowest BCUT2D eigenvalue weighted by atomic mass is 10.1. The molecule has 136 valence electrons. The van der Waals surface area contributed by atoms with Crippen molar-refractivity contribution in [2.75, 3.05) is 12.4 Å². The first kappa shape index (κ1) is 19.7. The highest BCUT2D eigenvalue weighted by Gasteiger charge is 2.19. The van der Waals surface area contributed by atoms with Crippen LogP contribution in [-0.2, 0) is 7.05 Å². The summed E-state index contributed by atoms with van der Waals surface area (Å²) in [5.74, 6) is -0.190. The lowest BCUT2D eigenvalue weighted by Crippen LogP contribution is -3.00. The van der Waals surface area contributed by atoms with Crippen molar-refractivity contribution in [1.29, 1.82) is 0 Å². The van der Waals surface area contributed by atoms with E-state index in [0.29, 0.717) is 0 Å². The third kappa shape index (κ3) is 4.12. The summed E-state index contributed by atoms with van der Waals surface area (Å²) in [6.45, 7) is 2.02. The van der Waals surface area contributed by atoms with Crippen LogP contribution in [-0.4, -0.2) is 23.3 Å². The van der Waals surface area contributed by atoms with Gasteiger partial charge in [0.1, 0.15) is 5.75 Å². The maximum Gasteiger partial charge on any atom is 0.335 e. The second-order valence-electron chi connectivity index (χ2n) is 5.55. The van der Waals surface area contributed by atoms with Crippen LogP contribution in [0, 0.1) is 6.92 Å². The van der Waals surface area contributed by atoms with E-state index in [2.05, 4.69) is 10.4 Å². The molecule has 3 rings (SSSR count). The predicted octanol–water partition coefficient (Wildman–Crippen LogP) is 0.397. The van der Waals surface area contributed by atoms with Crippen LogP contribution in [0.25, 0.3) is 10.6 Å². The highest BCUT2D eigenvalue weighted by Crippen LogP contribution is 2.31. The number of halogens is 1. The van der Waals surface area contributed by atoms with Crippen LogP contribution in [0.3, 0.4) is 0 Å². The second kappa shape index (κ2) is 8.16. The largest absolute Gasteiger partial charge is 1.00 e. The normalized spacial score (nSPS) is 10.1. The van der Waals surface area contributed by atoms with Crippen LogP contribution in [0.15, 0.2) is 42.5 Å². The van der Waals surface area contributed by atoms with E-state index in [1.54, 1.807) is 36.1 Å². The number of benzene rings is 2. The summed E-state index contributed by atoms with van der Waals surface area (Å²) in [5, 5.41) is 18.4. The van der Waals surface area contributed by atoms with Crippen molar-refractivity contribution in [3.63, 3.8) is 0 Å². The van der Waals surface area contributed by atoms with Gasteiger partial charge in [-0.25, -0.2) is 4.79 Å². The molecule has 26 heavy (non-hydrogen) atoms. The van der Waals surface area contributed by atoms with Gasteiger partial charge in [0, 0.05) is 5.10 Å². The van der Waals surface area contributed by atoms with Gasteiger partial charge in [-0.2, -0.15) is 0 Å². The molecular formula is C18H18ClN3O3S. The Balaban J connectivity index is 0.00000243. The van der Waals surface area contributed by atoms with E-state index in [1.807, 2.05) is 32.2 Å². The molecule has 0 saturated heterocycles. The molecule has 3 aromatic rings. The molecule has 0 aliphatic heterocycles. The predicted molar refractivity (Wildman–Crippen MR) is 96.7 cm³/mol. The fraction of sp³-hybridized carbons (Fsp3) is 0.167. The van der Waals surface area contributed by atoms with Crippen LogP contribution in [0.5, 0.6) is 5.75 Å². The highest BCUT2D eigenvalue weighted by atomic mass is 35.5. The average Bonchev–Trinajstić information content (AvgIpc) is 2.95. The van der Waals surface area contributed by atoms with Crippen LogP contribution >= 0.6 is 11.3 Å². The van der Waals surface area contributed by atoms with Gasteiger partial charge in [-0.05, 0) is 60.2 Å². The molecule has 6 nitrogen and oxygen atoms in total. The first-order chi connectivity index (χ1) is 12.0. The average molecular weight is 392 g/mol. The molecule has 0 saturated carbocycles. The summed E-state index contributed by atoms with van der Waals surface area (Å²) >= 11 is 1.48. The topological polar surface area (TPSA) is 75.3 Å². The number of carbonyl (C=O) groups is 1. The van der Waals surface area contributed by atoms with E-state index >= 15 is 0 Å². The van der Waals surface area contributed by atoms with Gasteiger partial charge in [-0.1, -0.05) is 10.7 Å². The van der Waals surface area contributed by atoms with Gasteiger partial charge in [0.2, 0.25) is 0 Å². The smallest absolute Gasteiger partial charge is 0.335 e. The number of ether oxygens (including phenoxy) is 1. The Morgan fingerprint density at radius 2 is 1.92 bits per heavy atom. The molecule has 0 fully saturated rings. The van der Waals surface area contributed by atoms with Gasteiger partial charge >= 0.3 is 5.97 Å². The molecule has 0 aliphatic carbocycles. The Labute approximate surface area is 161 Å². The monoisotopic (exact) mass is 391 g/mol. The highest BCUT2D eigenvalue weighted by molar-refractivity contribution is 7.18. The number of anilines is 2. The van der Waals surface area contributed by atoms with Crippen LogP contribution < -0.4 is 27.1 Å². The number of aromatic carboxylic acids is 1. The van der Waals surface area contributed by atoms with E-state index in [-0.39, 0.29) is 18.0 Å². The fourth-order valence-electron chi connectivity index (χ4n) is 2.45. The molecule has 0 amide bonds. The van der Waals surface area contributed by atoms with Crippen molar-refractivity contribution in [2.24, 2.45) is 7.05 Å². The lowest BCUT2D eigenvalue weighted by molar-refractivity contribution is -0.714. The van der Waals surface area contributed by atoms with Crippen molar-refractivity contribution < 1.29 is 31.7 Å².